The Labute approximate surface area is 149 Å². The van der Waals surface area contributed by atoms with Crippen LogP contribution in [-0.4, -0.2) is 30.9 Å². The fourth-order valence-corrected chi connectivity index (χ4v) is 2.50. The van der Waals surface area contributed by atoms with Gasteiger partial charge in [0.05, 0.1) is 11.6 Å². The summed E-state index contributed by atoms with van der Waals surface area (Å²) in [6.07, 6.45) is 1.72. The van der Waals surface area contributed by atoms with Crippen LogP contribution in [0.25, 0.3) is 0 Å². The highest BCUT2D eigenvalue weighted by atomic mass is 16.2. The molecule has 0 unspecified atom stereocenters. The fourth-order valence-electron chi connectivity index (χ4n) is 2.50. The van der Waals surface area contributed by atoms with E-state index in [4.69, 9.17) is 5.26 Å². The zero-order valence-corrected chi connectivity index (χ0v) is 14.8. The smallest absolute Gasteiger partial charge is 0.254 e. The molecule has 4 nitrogen and oxygen atoms in total. The molecule has 0 aliphatic carbocycles. The average Bonchev–Trinajstić information content (AvgIpc) is 2.67. The average molecular weight is 333 g/mol. The van der Waals surface area contributed by atoms with E-state index in [2.05, 4.69) is 24.5 Å². The van der Waals surface area contributed by atoms with Crippen molar-refractivity contribution < 1.29 is 4.79 Å². The summed E-state index contributed by atoms with van der Waals surface area (Å²) in [5, 5.41) is 8.88. The minimum atomic E-state index is -0.0324. The summed E-state index contributed by atoms with van der Waals surface area (Å²) in [6, 6.07) is 17.0. The van der Waals surface area contributed by atoms with Crippen molar-refractivity contribution in [3.05, 3.63) is 77.9 Å². The third-order valence-electron chi connectivity index (χ3n) is 4.12. The van der Waals surface area contributed by atoms with Crippen molar-refractivity contribution in [2.24, 2.45) is 0 Å². The van der Waals surface area contributed by atoms with Crippen molar-refractivity contribution in [1.82, 2.24) is 4.90 Å². The molecule has 2 aromatic rings. The maximum atomic E-state index is 12.8. The molecule has 0 atom stereocenters. The van der Waals surface area contributed by atoms with Gasteiger partial charge < -0.3 is 9.80 Å². The lowest BCUT2D eigenvalue weighted by Gasteiger charge is -2.22. The SMILES string of the molecule is C=CCN(Cc1ccc(C#N)cc1)C(=O)c1ccc(N(C)CC)cc1. The number of carbonyl (C=O) groups is 1. The topological polar surface area (TPSA) is 47.3 Å². The van der Waals surface area contributed by atoms with Crippen molar-refractivity contribution in [2.75, 3.05) is 25.0 Å². The predicted octanol–water partition coefficient (Wildman–Crippen LogP) is 3.84. The van der Waals surface area contributed by atoms with Gasteiger partial charge in [-0.2, -0.15) is 5.26 Å². The molecule has 25 heavy (non-hydrogen) atoms. The largest absolute Gasteiger partial charge is 0.375 e. The monoisotopic (exact) mass is 333 g/mol. The summed E-state index contributed by atoms with van der Waals surface area (Å²) >= 11 is 0. The van der Waals surface area contributed by atoms with Crippen LogP contribution in [0.5, 0.6) is 0 Å². The van der Waals surface area contributed by atoms with Crippen LogP contribution in [-0.2, 0) is 6.54 Å². The highest BCUT2D eigenvalue weighted by Gasteiger charge is 2.15. The summed E-state index contributed by atoms with van der Waals surface area (Å²) in [4.78, 5) is 16.7. The molecule has 0 N–H and O–H groups in total. The number of hydrogen-bond acceptors (Lipinski definition) is 3. The number of amides is 1. The van der Waals surface area contributed by atoms with Gasteiger partial charge in [0.2, 0.25) is 0 Å². The van der Waals surface area contributed by atoms with E-state index in [0.717, 1.165) is 17.8 Å². The second-order valence-electron chi connectivity index (χ2n) is 5.84. The Balaban J connectivity index is 2.16. The van der Waals surface area contributed by atoms with Gasteiger partial charge in [-0.15, -0.1) is 6.58 Å². The Kier molecular flexibility index (Phi) is 6.36. The van der Waals surface area contributed by atoms with Crippen LogP contribution in [0.2, 0.25) is 0 Å². The predicted molar refractivity (Wildman–Crippen MR) is 101 cm³/mol. The van der Waals surface area contributed by atoms with Crippen LogP contribution >= 0.6 is 0 Å². The summed E-state index contributed by atoms with van der Waals surface area (Å²) < 4.78 is 0. The molecule has 1 amide bonds. The lowest BCUT2D eigenvalue weighted by atomic mass is 10.1. The van der Waals surface area contributed by atoms with Gasteiger partial charge in [0, 0.05) is 37.9 Å². The quantitative estimate of drug-likeness (QED) is 0.723. The van der Waals surface area contributed by atoms with Gasteiger partial charge in [-0.05, 0) is 48.9 Å². The van der Waals surface area contributed by atoms with Crippen LogP contribution in [0.1, 0.15) is 28.4 Å². The van der Waals surface area contributed by atoms with Crippen molar-refractivity contribution >= 4 is 11.6 Å². The Morgan fingerprint density at radius 2 is 1.80 bits per heavy atom. The molecule has 0 saturated carbocycles. The summed E-state index contributed by atoms with van der Waals surface area (Å²) in [5.41, 5.74) is 3.34. The Morgan fingerprint density at radius 3 is 2.32 bits per heavy atom. The van der Waals surface area contributed by atoms with E-state index in [9.17, 15) is 4.79 Å². The molecule has 0 fully saturated rings. The molecule has 0 saturated heterocycles. The zero-order valence-electron chi connectivity index (χ0n) is 14.8. The molecule has 0 aromatic heterocycles. The van der Waals surface area contributed by atoms with Crippen molar-refractivity contribution in [3.8, 4) is 6.07 Å². The van der Waals surface area contributed by atoms with Crippen molar-refractivity contribution in [1.29, 1.82) is 5.26 Å². The first-order valence-electron chi connectivity index (χ1n) is 8.29. The summed E-state index contributed by atoms with van der Waals surface area (Å²) in [7, 11) is 2.02. The first-order valence-corrected chi connectivity index (χ1v) is 8.29. The van der Waals surface area contributed by atoms with Gasteiger partial charge in [-0.25, -0.2) is 0 Å². The fraction of sp³-hybridized carbons (Fsp3) is 0.238. The summed E-state index contributed by atoms with van der Waals surface area (Å²) in [6.45, 7) is 7.69. The number of carbonyl (C=O) groups excluding carboxylic acids is 1. The molecule has 0 bridgehead atoms. The van der Waals surface area contributed by atoms with Crippen LogP contribution in [0, 0.1) is 11.3 Å². The van der Waals surface area contributed by atoms with E-state index in [-0.39, 0.29) is 5.91 Å². The van der Waals surface area contributed by atoms with E-state index < -0.39 is 0 Å². The Morgan fingerprint density at radius 1 is 1.16 bits per heavy atom. The molecule has 0 aliphatic heterocycles. The van der Waals surface area contributed by atoms with E-state index in [1.54, 1.807) is 23.1 Å². The number of anilines is 1. The standard InChI is InChI=1S/C21H23N3O/c1-4-14-24(16-18-8-6-17(15-22)7-9-18)21(25)19-10-12-20(13-11-19)23(3)5-2/h4,6-13H,1,5,14,16H2,2-3H3. The molecular weight excluding hydrogens is 310 g/mol. The van der Waals surface area contributed by atoms with Gasteiger partial charge in [-0.3, -0.25) is 4.79 Å². The van der Waals surface area contributed by atoms with E-state index in [1.165, 1.54) is 0 Å². The van der Waals surface area contributed by atoms with Gasteiger partial charge in [0.1, 0.15) is 0 Å². The van der Waals surface area contributed by atoms with Crippen LogP contribution in [0.3, 0.4) is 0 Å². The van der Waals surface area contributed by atoms with Crippen LogP contribution in [0.15, 0.2) is 61.2 Å². The molecule has 0 spiro atoms. The number of nitrogens with zero attached hydrogens (tertiary/aromatic N) is 3. The normalized spacial score (nSPS) is 9.96. The Bertz CT molecular complexity index is 757. The maximum Gasteiger partial charge on any atom is 0.254 e. The van der Waals surface area contributed by atoms with Gasteiger partial charge in [0.15, 0.2) is 0 Å². The number of rotatable bonds is 7. The number of hydrogen-bond donors (Lipinski definition) is 0. The molecule has 2 rings (SSSR count). The molecule has 128 valence electrons. The van der Waals surface area contributed by atoms with Crippen LogP contribution < -0.4 is 4.90 Å². The minimum Gasteiger partial charge on any atom is -0.375 e. The zero-order chi connectivity index (χ0) is 18.2. The van der Waals surface area contributed by atoms with Crippen molar-refractivity contribution in [3.63, 3.8) is 0 Å². The molecule has 2 aromatic carbocycles. The lowest BCUT2D eigenvalue weighted by Crippen LogP contribution is -2.30. The third-order valence-corrected chi connectivity index (χ3v) is 4.12. The molecule has 0 heterocycles. The van der Waals surface area contributed by atoms with Gasteiger partial charge >= 0.3 is 0 Å². The highest BCUT2D eigenvalue weighted by molar-refractivity contribution is 5.94. The van der Waals surface area contributed by atoms with E-state index in [0.29, 0.717) is 24.2 Å². The number of benzene rings is 2. The maximum absolute atomic E-state index is 12.8. The van der Waals surface area contributed by atoms with Crippen LogP contribution in [0.4, 0.5) is 5.69 Å². The molecule has 0 aliphatic rings. The lowest BCUT2D eigenvalue weighted by molar-refractivity contribution is 0.0762. The first-order chi connectivity index (χ1) is 12.1. The van der Waals surface area contributed by atoms with Gasteiger partial charge in [-0.1, -0.05) is 18.2 Å². The van der Waals surface area contributed by atoms with Gasteiger partial charge in [0.25, 0.3) is 5.91 Å². The number of nitriles is 1. The third kappa shape index (κ3) is 4.71. The molecule has 0 radical (unpaired) electrons. The second-order valence-corrected chi connectivity index (χ2v) is 5.84. The molecular formula is C21H23N3O. The minimum absolute atomic E-state index is 0.0324. The van der Waals surface area contributed by atoms with E-state index in [1.807, 2.05) is 43.4 Å². The highest BCUT2D eigenvalue weighted by Crippen LogP contribution is 2.16. The second kappa shape index (κ2) is 8.70. The molecule has 4 heteroatoms. The van der Waals surface area contributed by atoms with E-state index >= 15 is 0 Å². The van der Waals surface area contributed by atoms with Crippen molar-refractivity contribution in [2.45, 2.75) is 13.5 Å². The first kappa shape index (κ1) is 18.3. The Hall–Kier alpha value is -3.06. The summed E-state index contributed by atoms with van der Waals surface area (Å²) in [5.74, 6) is -0.0324.